The largest absolute Gasteiger partial charge is 1.00 e. The molecule has 10 atom stereocenters. The lowest BCUT2D eigenvalue weighted by molar-refractivity contribution is -1.02. The number of hydrogen-bond acceptors (Lipinski definition) is 3. The van der Waals surface area contributed by atoms with Crippen molar-refractivity contribution >= 4 is 5.69 Å². The Bertz CT molecular complexity index is 774. The molecule has 1 aromatic rings. The molecule has 0 radical (unpaired) electrons. The molecule has 0 aromatic heterocycles. The Labute approximate surface area is 161 Å². The number of piperidine rings is 4. The van der Waals surface area contributed by atoms with Gasteiger partial charge < -0.3 is 27.5 Å². The van der Waals surface area contributed by atoms with Crippen LogP contribution in [0.5, 0.6) is 0 Å². The lowest BCUT2D eigenvalue weighted by atomic mass is 9.61. The van der Waals surface area contributed by atoms with Gasteiger partial charge in [0, 0.05) is 37.4 Å². The highest BCUT2D eigenvalue weighted by molar-refractivity contribution is 5.66. The summed E-state index contributed by atoms with van der Waals surface area (Å²) in [7, 11) is 4.51. The summed E-state index contributed by atoms with van der Waals surface area (Å²) in [6.45, 7) is 2.21. The van der Waals surface area contributed by atoms with Crippen LogP contribution < -0.4 is 17.3 Å². The zero-order valence-corrected chi connectivity index (χ0v) is 16.5. The van der Waals surface area contributed by atoms with Crippen molar-refractivity contribution in [1.82, 2.24) is 0 Å². The number of para-hydroxylation sites is 1. The molecule has 5 aliphatic heterocycles. The number of quaternary nitrogens is 1. The van der Waals surface area contributed by atoms with Crippen molar-refractivity contribution in [3.8, 4) is 0 Å². The van der Waals surface area contributed by atoms with E-state index in [1.54, 1.807) is 0 Å². The molecule has 2 N–H and O–H groups in total. The van der Waals surface area contributed by atoms with E-state index < -0.39 is 0 Å². The number of fused-ring (bicyclic) bond motifs is 2. The topological polar surface area (TPSA) is 43.7 Å². The van der Waals surface area contributed by atoms with Gasteiger partial charge in [0.1, 0.15) is 6.04 Å². The molecule has 1 aliphatic carbocycles. The molecule has 1 spiro atoms. The third-order valence-corrected chi connectivity index (χ3v) is 9.39. The maximum absolute atomic E-state index is 11.7. The summed E-state index contributed by atoms with van der Waals surface area (Å²) in [6, 6.07) is 9.87. The predicted molar refractivity (Wildman–Crippen MR) is 96.1 cm³/mol. The molecular weight excluding hydrogens is 348 g/mol. The number of likely N-dealkylation sites (N-methyl/N-ethyl adjacent to an activating group) is 2. The third-order valence-electron chi connectivity index (χ3n) is 9.39. The Morgan fingerprint density at radius 2 is 1.96 bits per heavy atom. The van der Waals surface area contributed by atoms with Crippen LogP contribution >= 0.6 is 0 Å². The Kier molecular flexibility index (Phi) is 3.30. The molecule has 5 bridgehead atoms. The molecule has 1 unspecified atom stereocenters. The minimum Gasteiger partial charge on any atom is -1.00 e. The molecule has 7 rings (SSSR count). The highest BCUT2D eigenvalue weighted by Gasteiger charge is 2.82. The molecule has 5 fully saturated rings. The summed E-state index contributed by atoms with van der Waals surface area (Å²) in [5, 5.41) is 23.1. The molecule has 1 saturated carbocycles. The molecule has 4 saturated heterocycles. The number of halogens is 1. The average Bonchev–Trinajstić information content (AvgIpc) is 2.99. The van der Waals surface area contributed by atoms with E-state index in [-0.39, 0.29) is 30.2 Å². The Hall–Kier alpha value is -0.810. The van der Waals surface area contributed by atoms with E-state index in [1.807, 2.05) is 0 Å². The molecule has 142 valence electrons. The first-order valence-corrected chi connectivity index (χ1v) is 10.0. The van der Waals surface area contributed by atoms with Gasteiger partial charge in [0.15, 0.2) is 6.23 Å². The van der Waals surface area contributed by atoms with Gasteiger partial charge in [-0.1, -0.05) is 25.1 Å². The molecule has 1 aromatic carbocycles. The molecule has 26 heavy (non-hydrogen) atoms. The van der Waals surface area contributed by atoms with Crippen LogP contribution in [0.15, 0.2) is 24.3 Å². The average molecular weight is 377 g/mol. The quantitative estimate of drug-likeness (QED) is 0.599. The van der Waals surface area contributed by atoms with E-state index >= 15 is 0 Å². The van der Waals surface area contributed by atoms with Gasteiger partial charge in [-0.15, -0.1) is 0 Å². The van der Waals surface area contributed by atoms with Crippen molar-refractivity contribution in [2.75, 3.05) is 19.0 Å². The van der Waals surface area contributed by atoms with Gasteiger partial charge in [0.05, 0.1) is 30.7 Å². The normalized spacial score (nSPS) is 54.9. The van der Waals surface area contributed by atoms with E-state index in [1.165, 1.54) is 11.3 Å². The number of hydrogen-bond donors (Lipinski definition) is 2. The van der Waals surface area contributed by atoms with Crippen molar-refractivity contribution in [3.63, 3.8) is 0 Å². The second kappa shape index (κ2) is 4.96. The Morgan fingerprint density at radius 1 is 1.23 bits per heavy atom. The van der Waals surface area contributed by atoms with E-state index in [4.69, 9.17) is 0 Å². The highest BCUT2D eigenvalue weighted by Crippen LogP contribution is 2.70. The summed E-state index contributed by atoms with van der Waals surface area (Å²) < 4.78 is 0.779. The molecule has 0 amide bonds. The van der Waals surface area contributed by atoms with Crippen LogP contribution in [0.2, 0.25) is 0 Å². The maximum Gasteiger partial charge on any atom is 0.193 e. The van der Waals surface area contributed by atoms with Crippen LogP contribution in [0, 0.1) is 17.8 Å². The predicted octanol–water partition coefficient (Wildman–Crippen LogP) is -1.30. The Morgan fingerprint density at radius 3 is 2.69 bits per heavy atom. The van der Waals surface area contributed by atoms with Crippen molar-refractivity contribution in [2.45, 2.75) is 62.1 Å². The van der Waals surface area contributed by atoms with Crippen molar-refractivity contribution in [2.24, 2.45) is 17.8 Å². The maximum atomic E-state index is 11.7. The first-order valence-electron chi connectivity index (χ1n) is 10.0. The summed E-state index contributed by atoms with van der Waals surface area (Å²) in [5.74, 6) is 1.17. The zero-order chi connectivity index (χ0) is 17.3. The van der Waals surface area contributed by atoms with Crippen LogP contribution in [-0.4, -0.2) is 59.2 Å². The Balaban J connectivity index is 0.00000150. The first-order chi connectivity index (χ1) is 12.0. The van der Waals surface area contributed by atoms with Gasteiger partial charge in [-0.3, -0.25) is 4.48 Å². The fourth-order valence-corrected chi connectivity index (χ4v) is 8.58. The minimum atomic E-state index is -0.273. The van der Waals surface area contributed by atoms with Crippen LogP contribution in [-0.2, 0) is 5.41 Å². The molecule has 4 nitrogen and oxygen atoms in total. The first kappa shape index (κ1) is 17.3. The van der Waals surface area contributed by atoms with Crippen LogP contribution in [0.4, 0.5) is 5.69 Å². The second-order valence-corrected chi connectivity index (χ2v) is 9.58. The number of anilines is 1. The van der Waals surface area contributed by atoms with Crippen molar-refractivity contribution < 1.29 is 27.1 Å². The number of benzene rings is 1. The number of aliphatic hydroxyl groups excluding tert-OH is 2. The smallest absolute Gasteiger partial charge is 0.193 e. The SMILES string of the molecule is CC[C@H]1[C@@H]2C[C@H]3[C@@H]4N(C)c5ccccc5[C@]45C[C@@H]([C@H]2[C@H]5O)[N+]3(C)[C@@H]1O.[Cl-]. The second-order valence-electron chi connectivity index (χ2n) is 9.58. The fourth-order valence-electron chi connectivity index (χ4n) is 8.58. The van der Waals surface area contributed by atoms with E-state index in [0.717, 1.165) is 23.7 Å². The molecule has 6 aliphatic rings. The third kappa shape index (κ3) is 1.44. The number of rotatable bonds is 1. The molecule has 5 heterocycles. The number of aliphatic hydroxyl groups is 2. The lowest BCUT2D eigenvalue weighted by Gasteiger charge is -2.66. The van der Waals surface area contributed by atoms with Gasteiger partial charge >= 0.3 is 0 Å². The van der Waals surface area contributed by atoms with Gasteiger partial charge in [-0.25, -0.2) is 0 Å². The van der Waals surface area contributed by atoms with Crippen molar-refractivity contribution in [3.05, 3.63) is 29.8 Å². The highest BCUT2D eigenvalue weighted by atomic mass is 35.5. The molecular formula is C21H29ClN2O2. The van der Waals surface area contributed by atoms with Crippen LogP contribution in [0.1, 0.15) is 31.7 Å². The summed E-state index contributed by atoms with van der Waals surface area (Å²) in [6.07, 6.45) is 2.67. The van der Waals surface area contributed by atoms with Gasteiger partial charge in [-0.2, -0.15) is 0 Å². The summed E-state index contributed by atoms with van der Waals surface area (Å²) >= 11 is 0. The van der Waals surface area contributed by atoms with E-state index in [0.29, 0.717) is 35.9 Å². The molecule has 5 heteroatoms. The monoisotopic (exact) mass is 376 g/mol. The van der Waals surface area contributed by atoms with E-state index in [2.05, 4.69) is 50.2 Å². The number of nitrogens with zero attached hydrogens (tertiary/aromatic N) is 2. The summed E-state index contributed by atoms with van der Waals surface area (Å²) in [4.78, 5) is 2.44. The van der Waals surface area contributed by atoms with Crippen molar-refractivity contribution in [1.29, 1.82) is 0 Å². The van der Waals surface area contributed by atoms with Crippen LogP contribution in [0.3, 0.4) is 0 Å². The summed E-state index contributed by atoms with van der Waals surface area (Å²) in [5.41, 5.74) is 2.54. The van der Waals surface area contributed by atoms with Gasteiger partial charge in [0.25, 0.3) is 0 Å². The van der Waals surface area contributed by atoms with Crippen LogP contribution in [0.25, 0.3) is 0 Å². The van der Waals surface area contributed by atoms with E-state index in [9.17, 15) is 10.2 Å². The van der Waals surface area contributed by atoms with Gasteiger partial charge in [-0.05, 0) is 24.0 Å². The lowest BCUT2D eigenvalue weighted by Crippen LogP contribution is -3.00. The standard InChI is InChI=1S/C21H29N2O2.ClH/c1-4-11-12-9-15-18-21(13-7-5-6-8-14(13)22(18)2)10-16(17(12)19(21)24)23(15,3)20(11)25;/h5-8,11-12,15-20,24-25H,4,9-10H2,1-3H3;1H/q+1;/p-1/t11-,12-,15-,16-,17-,18-,19+,20+,21+,23?;/m0./s1. The minimum absolute atomic E-state index is 0. The zero-order valence-electron chi connectivity index (χ0n) is 15.7. The van der Waals surface area contributed by atoms with Gasteiger partial charge in [0.2, 0.25) is 0 Å². The fraction of sp³-hybridized carbons (Fsp3) is 0.714.